The molecule has 18 heavy (non-hydrogen) atoms. The molecule has 1 aliphatic heterocycles. The molecule has 1 fully saturated rings. The highest BCUT2D eigenvalue weighted by molar-refractivity contribution is 7.89. The predicted molar refractivity (Wildman–Crippen MR) is 68.5 cm³/mol. The first-order valence-corrected chi connectivity index (χ1v) is 7.48. The van der Waals surface area contributed by atoms with Gasteiger partial charge in [0.25, 0.3) is 0 Å². The maximum Gasteiger partial charge on any atom is 0.240 e. The lowest BCUT2D eigenvalue weighted by molar-refractivity contribution is 0.0802. The topological polar surface area (TPSA) is 78.4 Å². The van der Waals surface area contributed by atoms with Gasteiger partial charge in [0.05, 0.1) is 10.9 Å². The highest BCUT2D eigenvalue weighted by Gasteiger charge is 2.27. The van der Waals surface area contributed by atoms with E-state index in [9.17, 15) is 13.5 Å². The molecule has 100 valence electrons. The Balaban J connectivity index is 2.13. The van der Waals surface area contributed by atoms with E-state index in [1.807, 2.05) is 6.92 Å². The minimum atomic E-state index is -3.56. The lowest BCUT2D eigenvalue weighted by Gasteiger charge is -2.29. The molecule has 0 aliphatic carbocycles. The largest absolute Gasteiger partial charge is 0.377 e. The van der Waals surface area contributed by atoms with E-state index in [1.54, 1.807) is 24.3 Å². The van der Waals surface area contributed by atoms with Crippen molar-refractivity contribution in [3.05, 3.63) is 29.8 Å². The van der Waals surface area contributed by atoms with E-state index < -0.39 is 22.3 Å². The lowest BCUT2D eigenvalue weighted by atomic mass is 10.1. The van der Waals surface area contributed by atoms with Crippen molar-refractivity contribution in [1.29, 1.82) is 0 Å². The van der Waals surface area contributed by atoms with Crippen molar-refractivity contribution in [3.63, 3.8) is 0 Å². The molecule has 1 saturated heterocycles. The normalized spacial score (nSPS) is 25.0. The standard InChI is InChI=1S/C12H18N2O3S/c1-9-4-6-10(7-5-9)18(16,17)14-11-3-2-8-13-12(11)15/h4-7,11-15H,2-3,8H2,1H3/t11-,12?/m1/s1. The summed E-state index contributed by atoms with van der Waals surface area (Å²) in [7, 11) is -3.56. The fourth-order valence-corrected chi connectivity index (χ4v) is 3.26. The minimum absolute atomic E-state index is 0.228. The van der Waals surface area contributed by atoms with Crippen molar-refractivity contribution in [1.82, 2.24) is 10.0 Å². The van der Waals surface area contributed by atoms with Crippen LogP contribution in [-0.4, -0.2) is 32.3 Å². The zero-order valence-electron chi connectivity index (χ0n) is 10.3. The maximum absolute atomic E-state index is 12.1. The number of nitrogens with one attached hydrogen (secondary N) is 2. The second-order valence-electron chi connectivity index (χ2n) is 4.58. The van der Waals surface area contributed by atoms with E-state index in [0.717, 1.165) is 12.0 Å². The molecule has 1 unspecified atom stereocenters. The molecular weight excluding hydrogens is 252 g/mol. The molecule has 5 nitrogen and oxygen atoms in total. The summed E-state index contributed by atoms with van der Waals surface area (Å²) in [5, 5.41) is 12.5. The average molecular weight is 270 g/mol. The van der Waals surface area contributed by atoms with Gasteiger partial charge in [0.2, 0.25) is 10.0 Å². The summed E-state index contributed by atoms with van der Waals surface area (Å²) in [5.74, 6) is 0. The van der Waals surface area contributed by atoms with Crippen LogP contribution in [0.3, 0.4) is 0 Å². The number of rotatable bonds is 3. The second kappa shape index (κ2) is 5.36. The van der Waals surface area contributed by atoms with Crippen LogP contribution < -0.4 is 10.0 Å². The fourth-order valence-electron chi connectivity index (χ4n) is 1.98. The molecule has 6 heteroatoms. The third kappa shape index (κ3) is 3.08. The quantitative estimate of drug-likeness (QED) is 0.740. The van der Waals surface area contributed by atoms with Crippen LogP contribution in [0.5, 0.6) is 0 Å². The highest BCUT2D eigenvalue weighted by Crippen LogP contribution is 2.14. The summed E-state index contributed by atoms with van der Waals surface area (Å²) in [4.78, 5) is 0.228. The molecule has 3 N–H and O–H groups in total. The van der Waals surface area contributed by atoms with Gasteiger partial charge < -0.3 is 5.11 Å². The monoisotopic (exact) mass is 270 g/mol. The van der Waals surface area contributed by atoms with Gasteiger partial charge in [-0.15, -0.1) is 0 Å². The predicted octanol–water partition coefficient (Wildman–Crippen LogP) is 0.344. The summed E-state index contributed by atoms with van der Waals surface area (Å²) in [6.07, 6.45) is 0.663. The Morgan fingerprint density at radius 1 is 1.33 bits per heavy atom. The molecule has 0 spiro atoms. The highest BCUT2D eigenvalue weighted by atomic mass is 32.2. The van der Waals surface area contributed by atoms with E-state index in [1.165, 1.54) is 0 Å². The van der Waals surface area contributed by atoms with E-state index in [0.29, 0.717) is 13.0 Å². The molecule has 0 saturated carbocycles. The van der Waals surface area contributed by atoms with Crippen molar-refractivity contribution >= 4 is 10.0 Å². The Kier molecular flexibility index (Phi) is 4.01. The molecular formula is C12H18N2O3S. The van der Waals surface area contributed by atoms with E-state index in [-0.39, 0.29) is 4.90 Å². The summed E-state index contributed by atoms with van der Waals surface area (Å²) >= 11 is 0. The van der Waals surface area contributed by atoms with Gasteiger partial charge in [0.1, 0.15) is 6.23 Å². The fraction of sp³-hybridized carbons (Fsp3) is 0.500. The summed E-state index contributed by atoms with van der Waals surface area (Å²) in [6.45, 7) is 2.61. The van der Waals surface area contributed by atoms with Gasteiger partial charge in [-0.25, -0.2) is 13.1 Å². The van der Waals surface area contributed by atoms with Gasteiger partial charge in [0.15, 0.2) is 0 Å². The van der Waals surface area contributed by atoms with Crippen molar-refractivity contribution in [3.8, 4) is 0 Å². The molecule has 2 atom stereocenters. The molecule has 0 aromatic heterocycles. The minimum Gasteiger partial charge on any atom is -0.377 e. The lowest BCUT2D eigenvalue weighted by Crippen LogP contribution is -2.53. The zero-order valence-corrected chi connectivity index (χ0v) is 11.1. The van der Waals surface area contributed by atoms with E-state index in [2.05, 4.69) is 10.0 Å². The summed E-state index contributed by atoms with van der Waals surface area (Å²) in [6, 6.07) is 6.18. The van der Waals surface area contributed by atoms with Crippen LogP contribution in [0.25, 0.3) is 0 Å². The molecule has 0 bridgehead atoms. The number of sulfonamides is 1. The first kappa shape index (κ1) is 13.5. The summed E-state index contributed by atoms with van der Waals surface area (Å²) < 4.78 is 26.8. The van der Waals surface area contributed by atoms with Crippen LogP contribution in [0.15, 0.2) is 29.2 Å². The van der Waals surface area contributed by atoms with Gasteiger partial charge in [-0.3, -0.25) is 5.32 Å². The van der Waals surface area contributed by atoms with Gasteiger partial charge in [-0.1, -0.05) is 17.7 Å². The zero-order chi connectivity index (χ0) is 13.2. The number of aliphatic hydroxyl groups excluding tert-OH is 1. The van der Waals surface area contributed by atoms with Crippen molar-refractivity contribution in [2.45, 2.75) is 36.9 Å². The molecule has 1 aromatic rings. The molecule has 1 aliphatic rings. The first-order chi connectivity index (χ1) is 8.49. The maximum atomic E-state index is 12.1. The van der Waals surface area contributed by atoms with Gasteiger partial charge in [0, 0.05) is 0 Å². The van der Waals surface area contributed by atoms with Crippen molar-refractivity contribution in [2.75, 3.05) is 6.54 Å². The van der Waals surface area contributed by atoms with Crippen LogP contribution in [-0.2, 0) is 10.0 Å². The van der Waals surface area contributed by atoms with Gasteiger partial charge in [-0.05, 0) is 38.4 Å². The van der Waals surface area contributed by atoms with Gasteiger partial charge in [-0.2, -0.15) is 0 Å². The molecule has 0 amide bonds. The number of aliphatic hydroxyl groups is 1. The Hall–Kier alpha value is -0.950. The SMILES string of the molecule is Cc1ccc(S(=O)(=O)N[C@@H]2CCCNC2O)cc1. The first-order valence-electron chi connectivity index (χ1n) is 5.99. The van der Waals surface area contributed by atoms with Crippen LogP contribution in [0.2, 0.25) is 0 Å². The molecule has 1 heterocycles. The van der Waals surface area contributed by atoms with E-state index in [4.69, 9.17) is 0 Å². The molecule has 2 rings (SSSR count). The Morgan fingerprint density at radius 3 is 2.61 bits per heavy atom. The van der Waals surface area contributed by atoms with Crippen LogP contribution in [0.1, 0.15) is 18.4 Å². The molecule has 1 aromatic carbocycles. The third-order valence-corrected chi connectivity index (χ3v) is 4.57. The molecule has 0 radical (unpaired) electrons. The smallest absolute Gasteiger partial charge is 0.240 e. The Labute approximate surface area is 107 Å². The number of hydrogen-bond donors (Lipinski definition) is 3. The van der Waals surface area contributed by atoms with E-state index >= 15 is 0 Å². The number of benzene rings is 1. The third-order valence-electron chi connectivity index (χ3n) is 3.06. The van der Waals surface area contributed by atoms with Crippen LogP contribution >= 0.6 is 0 Å². The van der Waals surface area contributed by atoms with Crippen LogP contribution in [0, 0.1) is 6.92 Å². The summed E-state index contributed by atoms with van der Waals surface area (Å²) in [5.41, 5.74) is 1.01. The number of aryl methyl sites for hydroxylation is 1. The van der Waals surface area contributed by atoms with Gasteiger partial charge >= 0.3 is 0 Å². The average Bonchev–Trinajstić information content (AvgIpc) is 2.32. The Bertz CT molecular complexity index is 499. The Morgan fingerprint density at radius 2 is 2.00 bits per heavy atom. The van der Waals surface area contributed by atoms with Crippen LogP contribution in [0.4, 0.5) is 0 Å². The number of hydrogen-bond acceptors (Lipinski definition) is 4. The second-order valence-corrected chi connectivity index (χ2v) is 6.30. The van der Waals surface area contributed by atoms with Crippen molar-refractivity contribution < 1.29 is 13.5 Å². The van der Waals surface area contributed by atoms with Crippen molar-refractivity contribution in [2.24, 2.45) is 0 Å². The number of piperidine rings is 1.